The standard InChI is InChI=1S/C14H21N5O/c1-3-5-15-13-10-12(16-11-17-13)14(20)19-8-6-18(4-2)7-9-19/h3,10-11H,1,4-9H2,2H3,(H,15,16,17). The molecular formula is C14H21N5O. The Hall–Kier alpha value is -1.95. The summed E-state index contributed by atoms with van der Waals surface area (Å²) < 4.78 is 0. The molecule has 0 unspecified atom stereocenters. The zero-order chi connectivity index (χ0) is 14.4. The van der Waals surface area contributed by atoms with E-state index >= 15 is 0 Å². The Balaban J connectivity index is 2.00. The van der Waals surface area contributed by atoms with Gasteiger partial charge >= 0.3 is 0 Å². The predicted octanol–water partition coefficient (Wildman–Crippen LogP) is 0.852. The first-order chi connectivity index (χ1) is 9.74. The van der Waals surface area contributed by atoms with E-state index in [2.05, 4.69) is 33.7 Å². The fourth-order valence-electron chi connectivity index (χ4n) is 2.18. The van der Waals surface area contributed by atoms with Gasteiger partial charge in [-0.25, -0.2) is 9.97 Å². The maximum absolute atomic E-state index is 12.4. The van der Waals surface area contributed by atoms with Crippen molar-refractivity contribution in [2.24, 2.45) is 0 Å². The molecule has 1 saturated heterocycles. The summed E-state index contributed by atoms with van der Waals surface area (Å²) in [7, 11) is 0. The molecule has 6 nitrogen and oxygen atoms in total. The Bertz CT molecular complexity index is 468. The van der Waals surface area contributed by atoms with Crippen molar-refractivity contribution < 1.29 is 4.79 Å². The molecule has 20 heavy (non-hydrogen) atoms. The van der Waals surface area contributed by atoms with Crippen LogP contribution in [-0.4, -0.2) is 64.9 Å². The van der Waals surface area contributed by atoms with Crippen LogP contribution in [0.2, 0.25) is 0 Å². The van der Waals surface area contributed by atoms with Gasteiger partial charge in [0.2, 0.25) is 0 Å². The SMILES string of the molecule is C=CCNc1cc(C(=O)N2CCN(CC)CC2)ncn1. The molecule has 2 rings (SSSR count). The molecule has 108 valence electrons. The molecule has 1 aliphatic heterocycles. The summed E-state index contributed by atoms with van der Waals surface area (Å²) in [6.07, 6.45) is 3.16. The fourth-order valence-corrected chi connectivity index (χ4v) is 2.18. The number of anilines is 1. The smallest absolute Gasteiger partial charge is 0.272 e. The number of likely N-dealkylation sites (N-methyl/N-ethyl adjacent to an activating group) is 1. The van der Waals surface area contributed by atoms with Gasteiger partial charge in [-0.1, -0.05) is 13.0 Å². The van der Waals surface area contributed by atoms with Crippen molar-refractivity contribution in [2.75, 3.05) is 44.6 Å². The summed E-state index contributed by atoms with van der Waals surface area (Å²) in [4.78, 5) is 24.7. The minimum absolute atomic E-state index is 0.0233. The fraction of sp³-hybridized carbons (Fsp3) is 0.500. The van der Waals surface area contributed by atoms with Crippen molar-refractivity contribution in [2.45, 2.75) is 6.92 Å². The molecule has 0 atom stereocenters. The second-order valence-electron chi connectivity index (χ2n) is 4.68. The highest BCUT2D eigenvalue weighted by Crippen LogP contribution is 2.09. The zero-order valence-electron chi connectivity index (χ0n) is 11.9. The number of nitrogens with zero attached hydrogens (tertiary/aromatic N) is 4. The van der Waals surface area contributed by atoms with E-state index in [1.807, 2.05) is 4.90 Å². The Morgan fingerprint density at radius 2 is 2.15 bits per heavy atom. The number of carbonyl (C=O) groups is 1. The van der Waals surface area contributed by atoms with Crippen molar-refractivity contribution in [3.63, 3.8) is 0 Å². The van der Waals surface area contributed by atoms with E-state index in [9.17, 15) is 4.79 Å². The number of aromatic nitrogens is 2. The Labute approximate surface area is 119 Å². The molecule has 1 N–H and O–H groups in total. The lowest BCUT2D eigenvalue weighted by Crippen LogP contribution is -2.48. The summed E-state index contributed by atoms with van der Waals surface area (Å²) in [6.45, 7) is 10.8. The summed E-state index contributed by atoms with van der Waals surface area (Å²) in [6, 6.07) is 1.69. The van der Waals surface area contributed by atoms with Crippen LogP contribution >= 0.6 is 0 Å². The van der Waals surface area contributed by atoms with Crippen LogP contribution in [0.15, 0.2) is 25.0 Å². The molecule has 0 aliphatic carbocycles. The van der Waals surface area contributed by atoms with Crippen molar-refractivity contribution in [1.82, 2.24) is 19.8 Å². The Kier molecular flexibility index (Phi) is 5.06. The summed E-state index contributed by atoms with van der Waals surface area (Å²) in [5.41, 5.74) is 0.441. The molecule has 1 aliphatic rings. The number of rotatable bonds is 5. The molecule has 1 aromatic rings. The summed E-state index contributed by atoms with van der Waals surface area (Å²) in [5.74, 6) is 0.625. The van der Waals surface area contributed by atoms with Gasteiger partial charge < -0.3 is 15.1 Å². The van der Waals surface area contributed by atoms with E-state index in [4.69, 9.17) is 0 Å². The Morgan fingerprint density at radius 1 is 1.40 bits per heavy atom. The third-order valence-corrected chi connectivity index (χ3v) is 3.42. The molecule has 1 aromatic heterocycles. The predicted molar refractivity (Wildman–Crippen MR) is 78.7 cm³/mol. The van der Waals surface area contributed by atoms with Crippen LogP contribution in [-0.2, 0) is 0 Å². The zero-order valence-corrected chi connectivity index (χ0v) is 11.9. The van der Waals surface area contributed by atoms with E-state index in [1.54, 1.807) is 12.1 Å². The highest BCUT2D eigenvalue weighted by molar-refractivity contribution is 5.93. The van der Waals surface area contributed by atoms with Crippen LogP contribution in [0.25, 0.3) is 0 Å². The maximum Gasteiger partial charge on any atom is 0.272 e. The lowest BCUT2D eigenvalue weighted by atomic mass is 10.2. The third kappa shape index (κ3) is 3.54. The van der Waals surface area contributed by atoms with Crippen molar-refractivity contribution in [1.29, 1.82) is 0 Å². The maximum atomic E-state index is 12.4. The molecular weight excluding hydrogens is 254 g/mol. The molecule has 6 heteroatoms. The summed E-state index contributed by atoms with van der Waals surface area (Å²) in [5, 5.41) is 3.06. The monoisotopic (exact) mass is 275 g/mol. The first-order valence-electron chi connectivity index (χ1n) is 6.93. The van der Waals surface area contributed by atoms with Crippen LogP contribution in [0.3, 0.4) is 0 Å². The van der Waals surface area contributed by atoms with Crippen LogP contribution in [0.1, 0.15) is 17.4 Å². The average molecular weight is 275 g/mol. The lowest BCUT2D eigenvalue weighted by Gasteiger charge is -2.33. The minimum Gasteiger partial charge on any atom is -0.366 e. The second-order valence-corrected chi connectivity index (χ2v) is 4.68. The number of nitrogens with one attached hydrogen (secondary N) is 1. The minimum atomic E-state index is -0.0233. The number of hydrogen-bond donors (Lipinski definition) is 1. The van der Waals surface area contributed by atoms with Crippen molar-refractivity contribution in [3.8, 4) is 0 Å². The van der Waals surface area contributed by atoms with E-state index < -0.39 is 0 Å². The van der Waals surface area contributed by atoms with Gasteiger partial charge in [0.1, 0.15) is 17.8 Å². The van der Waals surface area contributed by atoms with E-state index in [1.165, 1.54) is 6.33 Å². The van der Waals surface area contributed by atoms with Gasteiger partial charge in [0.15, 0.2) is 0 Å². The van der Waals surface area contributed by atoms with E-state index in [-0.39, 0.29) is 5.91 Å². The molecule has 2 heterocycles. The van der Waals surface area contributed by atoms with Gasteiger partial charge in [0.05, 0.1) is 0 Å². The molecule has 0 aromatic carbocycles. The van der Waals surface area contributed by atoms with Crippen LogP contribution < -0.4 is 5.32 Å². The van der Waals surface area contributed by atoms with Crippen molar-refractivity contribution >= 4 is 11.7 Å². The van der Waals surface area contributed by atoms with Gasteiger partial charge in [-0.3, -0.25) is 4.79 Å². The molecule has 0 spiro atoms. The average Bonchev–Trinajstić information content (AvgIpc) is 2.52. The highest BCUT2D eigenvalue weighted by Gasteiger charge is 2.22. The molecule has 0 saturated carbocycles. The van der Waals surface area contributed by atoms with Gasteiger partial charge in [0.25, 0.3) is 5.91 Å². The molecule has 0 bridgehead atoms. The first-order valence-corrected chi connectivity index (χ1v) is 6.93. The lowest BCUT2D eigenvalue weighted by molar-refractivity contribution is 0.0637. The largest absolute Gasteiger partial charge is 0.366 e. The quantitative estimate of drug-likeness (QED) is 0.807. The van der Waals surface area contributed by atoms with E-state index in [0.717, 1.165) is 32.7 Å². The first kappa shape index (κ1) is 14.5. The van der Waals surface area contributed by atoms with Crippen LogP contribution in [0, 0.1) is 0 Å². The van der Waals surface area contributed by atoms with Gasteiger partial charge in [0, 0.05) is 38.8 Å². The summed E-state index contributed by atoms with van der Waals surface area (Å²) >= 11 is 0. The number of hydrogen-bond acceptors (Lipinski definition) is 5. The molecule has 1 amide bonds. The molecule has 1 fully saturated rings. The topological polar surface area (TPSA) is 61.4 Å². The van der Waals surface area contributed by atoms with Gasteiger partial charge in [-0.15, -0.1) is 6.58 Å². The van der Waals surface area contributed by atoms with E-state index in [0.29, 0.717) is 18.1 Å². The molecule has 0 radical (unpaired) electrons. The van der Waals surface area contributed by atoms with Crippen molar-refractivity contribution in [3.05, 3.63) is 30.7 Å². The third-order valence-electron chi connectivity index (χ3n) is 3.42. The number of carbonyl (C=O) groups excluding carboxylic acids is 1. The van der Waals surface area contributed by atoms with Crippen LogP contribution in [0.4, 0.5) is 5.82 Å². The van der Waals surface area contributed by atoms with Gasteiger partial charge in [-0.2, -0.15) is 0 Å². The van der Waals surface area contributed by atoms with Gasteiger partial charge in [-0.05, 0) is 6.54 Å². The Morgan fingerprint density at radius 3 is 2.80 bits per heavy atom. The van der Waals surface area contributed by atoms with Crippen LogP contribution in [0.5, 0.6) is 0 Å². The number of piperazine rings is 1. The number of amides is 1. The second kappa shape index (κ2) is 7.00. The normalized spacial score (nSPS) is 15.9. The highest BCUT2D eigenvalue weighted by atomic mass is 16.2.